The first-order valence-corrected chi connectivity index (χ1v) is 6.70. The molecule has 0 aromatic heterocycles. The number of terminal acetylenes is 1. The maximum absolute atomic E-state index is 9.82. The molecule has 0 aliphatic carbocycles. The maximum Gasteiger partial charge on any atom is 0.119 e. The zero-order valence-electron chi connectivity index (χ0n) is 11.7. The Morgan fingerprint density at radius 3 is 2.65 bits per heavy atom. The molecule has 0 aliphatic heterocycles. The fourth-order valence-electron chi connectivity index (χ4n) is 1.69. The molecule has 2 atom stereocenters. The maximum atomic E-state index is 9.82. The zero-order chi connectivity index (χ0) is 14.8. The van der Waals surface area contributed by atoms with Gasteiger partial charge in [-0.05, 0) is 30.7 Å². The topological polar surface area (TPSA) is 65.3 Å². The molecule has 0 radical (unpaired) electrons. The van der Waals surface area contributed by atoms with Crippen LogP contribution in [0.15, 0.2) is 24.3 Å². The summed E-state index contributed by atoms with van der Waals surface area (Å²) < 4.78 is 5.44. The predicted octanol–water partition coefficient (Wildman–Crippen LogP) is 1.69. The number of nitrogens with one attached hydrogen (secondary N) is 1. The Morgan fingerprint density at radius 1 is 1.40 bits per heavy atom. The molecular weight excluding hydrogens is 252 g/mol. The van der Waals surface area contributed by atoms with E-state index in [9.17, 15) is 5.11 Å². The second-order valence-corrected chi connectivity index (χ2v) is 4.52. The van der Waals surface area contributed by atoms with Crippen molar-refractivity contribution in [3.8, 4) is 24.2 Å². The van der Waals surface area contributed by atoms with Crippen LogP contribution in [0.3, 0.4) is 0 Å². The third-order valence-electron chi connectivity index (χ3n) is 2.80. The number of aliphatic hydroxyl groups excluding tert-OH is 1. The van der Waals surface area contributed by atoms with E-state index < -0.39 is 6.10 Å². The molecule has 0 amide bonds. The first-order chi connectivity index (χ1) is 9.69. The molecule has 0 saturated carbocycles. The second kappa shape index (κ2) is 8.98. The molecule has 0 bridgehead atoms. The Balaban J connectivity index is 2.30. The summed E-state index contributed by atoms with van der Waals surface area (Å²) in [6, 6.07) is 8.80. The van der Waals surface area contributed by atoms with E-state index in [0.717, 1.165) is 12.8 Å². The summed E-state index contributed by atoms with van der Waals surface area (Å²) in [5, 5.41) is 21.6. The van der Waals surface area contributed by atoms with Gasteiger partial charge in [-0.3, -0.25) is 0 Å². The molecule has 1 rings (SSSR count). The van der Waals surface area contributed by atoms with Gasteiger partial charge in [-0.1, -0.05) is 19.3 Å². The first kappa shape index (κ1) is 16.0. The molecular formula is C16H20N2O2. The Kier molecular flexibility index (Phi) is 7.21. The minimum absolute atomic E-state index is 0.00966. The molecule has 0 saturated heterocycles. The highest BCUT2D eigenvalue weighted by Gasteiger charge is 2.08. The van der Waals surface area contributed by atoms with Gasteiger partial charge in [-0.15, -0.1) is 6.42 Å². The molecule has 0 heterocycles. The van der Waals surface area contributed by atoms with Gasteiger partial charge in [-0.2, -0.15) is 5.26 Å². The van der Waals surface area contributed by atoms with Crippen molar-refractivity contribution in [2.45, 2.75) is 31.9 Å². The summed E-state index contributed by atoms with van der Waals surface area (Å²) in [6.45, 7) is 2.64. The second-order valence-electron chi connectivity index (χ2n) is 4.52. The Labute approximate surface area is 120 Å². The molecule has 4 nitrogen and oxygen atoms in total. The number of aliphatic hydroxyl groups is 1. The number of hydrogen-bond acceptors (Lipinski definition) is 4. The highest BCUT2D eigenvalue weighted by molar-refractivity contribution is 5.34. The SMILES string of the molecule is C#CC(CCC)NCC(O)COc1ccc(C#N)cc1. The third-order valence-corrected chi connectivity index (χ3v) is 2.80. The number of ether oxygens (including phenoxy) is 1. The minimum atomic E-state index is -0.627. The average molecular weight is 272 g/mol. The summed E-state index contributed by atoms with van der Waals surface area (Å²) in [5.41, 5.74) is 0.580. The number of hydrogen-bond donors (Lipinski definition) is 2. The van der Waals surface area contributed by atoms with Gasteiger partial charge in [0.25, 0.3) is 0 Å². The first-order valence-electron chi connectivity index (χ1n) is 6.70. The van der Waals surface area contributed by atoms with E-state index in [-0.39, 0.29) is 12.6 Å². The van der Waals surface area contributed by atoms with Crippen molar-refractivity contribution < 1.29 is 9.84 Å². The summed E-state index contributed by atoms with van der Waals surface area (Å²) >= 11 is 0. The number of nitrogens with zero attached hydrogens (tertiary/aromatic N) is 1. The molecule has 2 unspecified atom stereocenters. The predicted molar refractivity (Wildman–Crippen MR) is 78.2 cm³/mol. The highest BCUT2D eigenvalue weighted by Crippen LogP contribution is 2.11. The van der Waals surface area contributed by atoms with Crippen molar-refractivity contribution in [3.63, 3.8) is 0 Å². The lowest BCUT2D eigenvalue weighted by molar-refractivity contribution is 0.105. The van der Waals surface area contributed by atoms with E-state index in [1.165, 1.54) is 0 Å². The van der Waals surface area contributed by atoms with Gasteiger partial charge >= 0.3 is 0 Å². The average Bonchev–Trinajstić information content (AvgIpc) is 2.49. The van der Waals surface area contributed by atoms with Gasteiger partial charge in [0.1, 0.15) is 18.5 Å². The van der Waals surface area contributed by atoms with E-state index in [4.69, 9.17) is 16.4 Å². The van der Waals surface area contributed by atoms with Gasteiger partial charge in [0.2, 0.25) is 0 Å². The monoisotopic (exact) mass is 272 g/mol. The van der Waals surface area contributed by atoms with Crippen LogP contribution in [0.5, 0.6) is 5.75 Å². The number of benzene rings is 1. The van der Waals surface area contributed by atoms with Crippen molar-refractivity contribution in [2.24, 2.45) is 0 Å². The van der Waals surface area contributed by atoms with E-state index in [1.54, 1.807) is 24.3 Å². The van der Waals surface area contributed by atoms with Gasteiger partial charge in [0.05, 0.1) is 17.7 Å². The molecule has 4 heteroatoms. The smallest absolute Gasteiger partial charge is 0.119 e. The van der Waals surface area contributed by atoms with Crippen LogP contribution < -0.4 is 10.1 Å². The summed E-state index contributed by atoms with van der Waals surface area (Å²) in [6.07, 6.45) is 6.65. The molecule has 1 aromatic carbocycles. The van der Waals surface area contributed by atoms with Crippen molar-refractivity contribution in [3.05, 3.63) is 29.8 Å². The van der Waals surface area contributed by atoms with E-state index >= 15 is 0 Å². The van der Waals surface area contributed by atoms with Crippen LogP contribution in [-0.2, 0) is 0 Å². The van der Waals surface area contributed by atoms with E-state index in [2.05, 4.69) is 18.2 Å². The fraction of sp³-hybridized carbons (Fsp3) is 0.438. The van der Waals surface area contributed by atoms with Gasteiger partial charge in [0.15, 0.2) is 0 Å². The summed E-state index contributed by atoms with van der Waals surface area (Å²) in [4.78, 5) is 0. The lowest BCUT2D eigenvalue weighted by Gasteiger charge is -2.16. The van der Waals surface area contributed by atoms with Crippen LogP contribution in [0, 0.1) is 23.7 Å². The molecule has 0 fully saturated rings. The zero-order valence-corrected chi connectivity index (χ0v) is 11.7. The normalized spacial score (nSPS) is 13.0. The minimum Gasteiger partial charge on any atom is -0.491 e. The van der Waals surface area contributed by atoms with Crippen molar-refractivity contribution in [1.82, 2.24) is 5.32 Å². The molecule has 20 heavy (non-hydrogen) atoms. The van der Waals surface area contributed by atoms with Gasteiger partial charge in [0, 0.05) is 6.54 Å². The quantitative estimate of drug-likeness (QED) is 0.707. The molecule has 1 aromatic rings. The van der Waals surface area contributed by atoms with Crippen LogP contribution in [0.25, 0.3) is 0 Å². The number of rotatable bonds is 8. The van der Waals surface area contributed by atoms with Crippen LogP contribution in [0.4, 0.5) is 0 Å². The van der Waals surface area contributed by atoms with Gasteiger partial charge < -0.3 is 15.2 Å². The summed E-state index contributed by atoms with van der Waals surface area (Å²) in [5.74, 6) is 3.28. The lowest BCUT2D eigenvalue weighted by atomic mass is 10.2. The highest BCUT2D eigenvalue weighted by atomic mass is 16.5. The molecule has 0 spiro atoms. The van der Waals surface area contributed by atoms with Crippen molar-refractivity contribution in [1.29, 1.82) is 5.26 Å². The fourth-order valence-corrected chi connectivity index (χ4v) is 1.69. The Bertz CT molecular complexity index is 471. The van der Waals surface area contributed by atoms with Crippen LogP contribution in [0.1, 0.15) is 25.3 Å². The van der Waals surface area contributed by atoms with Crippen molar-refractivity contribution in [2.75, 3.05) is 13.2 Å². The van der Waals surface area contributed by atoms with Crippen LogP contribution in [0.2, 0.25) is 0 Å². The van der Waals surface area contributed by atoms with Crippen LogP contribution in [-0.4, -0.2) is 30.4 Å². The lowest BCUT2D eigenvalue weighted by Crippen LogP contribution is -2.37. The largest absolute Gasteiger partial charge is 0.491 e. The van der Waals surface area contributed by atoms with E-state index in [0.29, 0.717) is 17.9 Å². The molecule has 2 N–H and O–H groups in total. The third kappa shape index (κ3) is 5.75. The Hall–Kier alpha value is -2.01. The van der Waals surface area contributed by atoms with E-state index in [1.807, 2.05) is 6.07 Å². The van der Waals surface area contributed by atoms with Crippen LogP contribution >= 0.6 is 0 Å². The molecule has 106 valence electrons. The number of nitriles is 1. The summed E-state index contributed by atoms with van der Waals surface area (Å²) in [7, 11) is 0. The Morgan fingerprint density at radius 2 is 2.10 bits per heavy atom. The van der Waals surface area contributed by atoms with Crippen molar-refractivity contribution >= 4 is 0 Å². The van der Waals surface area contributed by atoms with Gasteiger partial charge in [-0.25, -0.2) is 0 Å². The molecule has 0 aliphatic rings. The standard InChI is InChI=1S/C16H20N2O2/c1-3-5-14(4-2)18-11-15(19)12-20-16-8-6-13(10-17)7-9-16/h2,6-9,14-15,18-19H,3,5,11-12H2,1H3.